The first-order valence-corrected chi connectivity index (χ1v) is 13.2. The molecule has 0 radical (unpaired) electrons. The SMILES string of the molecule is O=C(NC[C@H](O)CN1CCc2c(ccc(OCc3cnco3)c2Cl)C1)c1ccnc(NC2CC(C(F)F)C2)c1.S. The van der Waals surface area contributed by atoms with Crippen LogP contribution in [0.25, 0.3) is 0 Å². The summed E-state index contributed by atoms with van der Waals surface area (Å²) in [5.41, 5.74) is 2.48. The minimum Gasteiger partial charge on any atom is -0.484 e. The minimum absolute atomic E-state index is 0. The first-order chi connectivity index (χ1) is 18.9. The van der Waals surface area contributed by atoms with Crippen LogP contribution in [-0.4, -0.2) is 64.1 Å². The molecule has 1 aliphatic heterocycles. The number of alkyl halides is 2. The first-order valence-electron chi connectivity index (χ1n) is 12.9. The molecule has 9 nitrogen and oxygen atoms in total. The van der Waals surface area contributed by atoms with Gasteiger partial charge in [0.1, 0.15) is 18.2 Å². The molecule has 40 heavy (non-hydrogen) atoms. The molecule has 216 valence electrons. The highest BCUT2D eigenvalue weighted by Gasteiger charge is 2.35. The second kappa shape index (κ2) is 13.6. The number of oxazole rings is 1. The lowest BCUT2D eigenvalue weighted by Gasteiger charge is -2.35. The fourth-order valence-electron chi connectivity index (χ4n) is 4.90. The number of hydrogen-bond acceptors (Lipinski definition) is 8. The Morgan fingerprint density at radius 1 is 1.30 bits per heavy atom. The number of aromatic nitrogens is 2. The molecule has 5 rings (SSSR count). The highest BCUT2D eigenvalue weighted by atomic mass is 35.5. The maximum absolute atomic E-state index is 12.7. The van der Waals surface area contributed by atoms with Crippen LogP contribution < -0.4 is 15.4 Å². The van der Waals surface area contributed by atoms with Crippen molar-refractivity contribution < 1.29 is 27.8 Å². The smallest absolute Gasteiger partial charge is 0.251 e. The van der Waals surface area contributed by atoms with Gasteiger partial charge in [0.05, 0.1) is 17.3 Å². The van der Waals surface area contributed by atoms with Crippen LogP contribution in [0.5, 0.6) is 5.75 Å². The summed E-state index contributed by atoms with van der Waals surface area (Å²) in [5, 5.41) is 17.0. The molecule has 0 spiro atoms. The third-order valence-corrected chi connectivity index (χ3v) is 7.52. The van der Waals surface area contributed by atoms with E-state index in [-0.39, 0.29) is 38.6 Å². The predicted octanol–water partition coefficient (Wildman–Crippen LogP) is 4.02. The number of β-amino-alcohol motifs (C(OH)–C–C–N with tert-alkyl or cyclic N) is 1. The molecular formula is C27H32ClF2N5O4S. The Hall–Kier alpha value is -2.93. The van der Waals surface area contributed by atoms with Gasteiger partial charge in [-0.15, -0.1) is 0 Å². The molecule has 1 fully saturated rings. The quantitative estimate of drug-likeness (QED) is 0.305. The zero-order valence-corrected chi connectivity index (χ0v) is 23.4. The number of fused-ring (bicyclic) bond motifs is 1. The number of carbonyl (C=O) groups excluding carboxylic acids is 1. The molecule has 3 aromatic rings. The maximum atomic E-state index is 12.7. The highest BCUT2D eigenvalue weighted by Crippen LogP contribution is 2.35. The number of aliphatic hydroxyl groups excluding tert-OH is 1. The largest absolute Gasteiger partial charge is 0.484 e. The van der Waals surface area contributed by atoms with Gasteiger partial charge in [0.2, 0.25) is 6.43 Å². The molecule has 1 saturated carbocycles. The summed E-state index contributed by atoms with van der Waals surface area (Å²) in [6, 6.07) is 6.90. The number of amides is 1. The van der Waals surface area contributed by atoms with Crippen LogP contribution in [0, 0.1) is 5.92 Å². The fraction of sp³-hybridized carbons (Fsp3) is 0.444. The van der Waals surface area contributed by atoms with E-state index in [1.807, 2.05) is 12.1 Å². The highest BCUT2D eigenvalue weighted by molar-refractivity contribution is 7.59. The lowest BCUT2D eigenvalue weighted by Crippen LogP contribution is -2.42. The molecule has 0 bridgehead atoms. The van der Waals surface area contributed by atoms with Crippen molar-refractivity contribution in [3.8, 4) is 5.75 Å². The van der Waals surface area contributed by atoms with Crippen LogP contribution in [0.3, 0.4) is 0 Å². The number of ether oxygens (including phenoxy) is 1. The van der Waals surface area contributed by atoms with Gasteiger partial charge in [0.25, 0.3) is 5.91 Å². The van der Waals surface area contributed by atoms with Gasteiger partial charge in [-0.3, -0.25) is 9.69 Å². The predicted molar refractivity (Wildman–Crippen MR) is 150 cm³/mol. The molecule has 13 heteroatoms. The molecule has 0 unspecified atom stereocenters. The van der Waals surface area contributed by atoms with Crippen LogP contribution >= 0.6 is 25.1 Å². The number of carbonyl (C=O) groups is 1. The average Bonchev–Trinajstić information content (AvgIpc) is 3.42. The van der Waals surface area contributed by atoms with E-state index in [9.17, 15) is 18.7 Å². The molecule has 2 aliphatic rings. The second-order valence-electron chi connectivity index (χ2n) is 9.96. The van der Waals surface area contributed by atoms with E-state index in [0.29, 0.717) is 66.8 Å². The zero-order valence-electron chi connectivity index (χ0n) is 21.7. The van der Waals surface area contributed by atoms with E-state index < -0.39 is 18.4 Å². The van der Waals surface area contributed by atoms with Gasteiger partial charge in [-0.1, -0.05) is 17.7 Å². The third kappa shape index (κ3) is 7.42. The number of nitrogens with zero attached hydrogens (tertiary/aromatic N) is 3. The fourth-order valence-corrected chi connectivity index (χ4v) is 5.23. The van der Waals surface area contributed by atoms with E-state index in [1.54, 1.807) is 18.3 Å². The van der Waals surface area contributed by atoms with Crippen molar-refractivity contribution >= 4 is 36.8 Å². The van der Waals surface area contributed by atoms with Crippen molar-refractivity contribution in [2.24, 2.45) is 5.92 Å². The molecule has 1 aliphatic carbocycles. The van der Waals surface area contributed by atoms with Crippen molar-refractivity contribution in [2.45, 2.75) is 51.0 Å². The lowest BCUT2D eigenvalue weighted by atomic mass is 9.80. The summed E-state index contributed by atoms with van der Waals surface area (Å²) in [7, 11) is 0. The van der Waals surface area contributed by atoms with E-state index >= 15 is 0 Å². The molecule has 1 aromatic carbocycles. The van der Waals surface area contributed by atoms with Crippen LogP contribution in [0.1, 0.15) is 40.1 Å². The topological polar surface area (TPSA) is 113 Å². The molecule has 0 saturated heterocycles. The second-order valence-corrected chi connectivity index (χ2v) is 10.3. The Morgan fingerprint density at radius 3 is 2.88 bits per heavy atom. The normalized spacial score (nSPS) is 19.2. The molecule has 1 atom stereocenters. The summed E-state index contributed by atoms with van der Waals surface area (Å²) < 4.78 is 36.4. The standard InChI is InChI=1S/C27H30ClF2N5O4.H2S/c28-25-22-4-6-35(12-17(22)1-2-23(25)38-14-21-11-31-15-39-21)13-20(36)10-33-27(37)16-3-5-32-24(9-16)34-19-7-18(8-19)26(29)30;/h1-3,5,9,11,15,18-20,26,36H,4,6-8,10,12-14H2,(H,32,34)(H,33,37);1H2/t18?,19?,20-;/m0./s1. The Balaban J connectivity index is 0.00000370. The summed E-state index contributed by atoms with van der Waals surface area (Å²) in [4.78, 5) is 22.8. The lowest BCUT2D eigenvalue weighted by molar-refractivity contribution is 0.0280. The molecule has 3 N–H and O–H groups in total. The van der Waals surface area contributed by atoms with Crippen molar-refractivity contribution in [2.75, 3.05) is 25.0 Å². The third-order valence-electron chi connectivity index (χ3n) is 7.10. The van der Waals surface area contributed by atoms with E-state index in [1.165, 1.54) is 12.6 Å². The van der Waals surface area contributed by atoms with Gasteiger partial charge in [-0.25, -0.2) is 18.7 Å². The summed E-state index contributed by atoms with van der Waals surface area (Å²) in [6.45, 7) is 2.03. The molecule has 3 heterocycles. The summed E-state index contributed by atoms with van der Waals surface area (Å²) in [6.07, 6.45) is 2.84. The number of halogens is 3. The number of hydrogen-bond donors (Lipinski definition) is 3. The number of rotatable bonds is 11. The van der Waals surface area contributed by atoms with Crippen molar-refractivity contribution in [3.63, 3.8) is 0 Å². The Bertz CT molecular complexity index is 1280. The monoisotopic (exact) mass is 595 g/mol. The van der Waals surface area contributed by atoms with Crippen LogP contribution in [0.15, 0.2) is 47.5 Å². The Kier molecular flexibility index (Phi) is 10.2. The van der Waals surface area contributed by atoms with Crippen LogP contribution in [0.2, 0.25) is 5.02 Å². The minimum atomic E-state index is -2.30. The Labute approximate surface area is 242 Å². The van der Waals surface area contributed by atoms with Gasteiger partial charge in [0, 0.05) is 49.9 Å². The maximum Gasteiger partial charge on any atom is 0.251 e. The number of nitrogens with one attached hydrogen (secondary N) is 2. The van der Waals surface area contributed by atoms with Gasteiger partial charge < -0.3 is 24.9 Å². The van der Waals surface area contributed by atoms with E-state index in [4.69, 9.17) is 20.8 Å². The first kappa shape index (κ1) is 30.0. The van der Waals surface area contributed by atoms with Crippen molar-refractivity contribution in [3.05, 3.63) is 70.5 Å². The summed E-state index contributed by atoms with van der Waals surface area (Å²) >= 11 is 6.61. The van der Waals surface area contributed by atoms with Gasteiger partial charge >= 0.3 is 0 Å². The summed E-state index contributed by atoms with van der Waals surface area (Å²) in [5.74, 6) is 0.743. The number of pyridine rings is 1. The van der Waals surface area contributed by atoms with Crippen LogP contribution in [-0.2, 0) is 19.6 Å². The number of aliphatic hydroxyl groups is 1. The van der Waals surface area contributed by atoms with Gasteiger partial charge in [-0.2, -0.15) is 13.5 Å². The van der Waals surface area contributed by atoms with Gasteiger partial charge in [-0.05, 0) is 48.6 Å². The molecule has 2 aromatic heterocycles. The molecule has 1 amide bonds. The Morgan fingerprint density at radius 2 is 2.12 bits per heavy atom. The van der Waals surface area contributed by atoms with Gasteiger partial charge in [0.15, 0.2) is 12.2 Å². The number of anilines is 1. The van der Waals surface area contributed by atoms with Crippen LogP contribution in [0.4, 0.5) is 14.6 Å². The number of benzene rings is 1. The van der Waals surface area contributed by atoms with Crippen molar-refractivity contribution in [1.29, 1.82) is 0 Å². The average molecular weight is 596 g/mol. The zero-order chi connectivity index (χ0) is 27.4. The van der Waals surface area contributed by atoms with E-state index in [0.717, 1.165) is 11.1 Å². The molecular weight excluding hydrogens is 564 g/mol. The van der Waals surface area contributed by atoms with E-state index in [2.05, 4.69) is 25.5 Å². The van der Waals surface area contributed by atoms with Crippen molar-refractivity contribution in [1.82, 2.24) is 20.2 Å².